The van der Waals surface area contributed by atoms with Crippen LogP contribution >= 0.6 is 0 Å². The molecule has 1 amide bonds. The molecule has 2 aliphatic heterocycles. The van der Waals surface area contributed by atoms with Crippen molar-refractivity contribution in [1.29, 1.82) is 0 Å². The van der Waals surface area contributed by atoms with Gasteiger partial charge in [0.05, 0.1) is 17.8 Å². The number of piperidine rings is 1. The number of carbonyl (C=O) groups excluding carboxylic acids is 1. The summed E-state index contributed by atoms with van der Waals surface area (Å²) in [7, 11) is 3.97. The van der Waals surface area contributed by atoms with Gasteiger partial charge < -0.3 is 9.42 Å². The summed E-state index contributed by atoms with van der Waals surface area (Å²) in [5.41, 5.74) is 0.895. The molecule has 8 nitrogen and oxygen atoms in total. The van der Waals surface area contributed by atoms with Crippen molar-refractivity contribution in [2.45, 2.75) is 45.1 Å². The number of carbonyl (C=O) groups is 1. The second kappa shape index (κ2) is 6.74. The molecule has 0 aromatic carbocycles. The van der Waals surface area contributed by atoms with E-state index in [1.807, 2.05) is 11.9 Å². The number of likely N-dealkylation sites (tertiary alicyclic amines) is 2. The van der Waals surface area contributed by atoms with E-state index in [-0.39, 0.29) is 23.3 Å². The fraction of sp³-hybridized carbons (Fsp3) is 0.684. The van der Waals surface area contributed by atoms with Crippen LogP contribution in [-0.4, -0.2) is 62.3 Å². The van der Waals surface area contributed by atoms with Crippen LogP contribution in [0.5, 0.6) is 0 Å². The highest BCUT2D eigenvalue weighted by atomic mass is 16.5. The molecule has 0 aliphatic carbocycles. The van der Waals surface area contributed by atoms with E-state index in [1.165, 1.54) is 0 Å². The molecule has 1 unspecified atom stereocenters. The number of amides is 1. The third-order valence-corrected chi connectivity index (χ3v) is 6.06. The van der Waals surface area contributed by atoms with Gasteiger partial charge in [0.1, 0.15) is 0 Å². The van der Waals surface area contributed by atoms with Crippen LogP contribution in [0.3, 0.4) is 0 Å². The smallest absolute Gasteiger partial charge is 0.257 e. The fourth-order valence-corrected chi connectivity index (χ4v) is 4.44. The maximum absolute atomic E-state index is 12.7. The van der Waals surface area contributed by atoms with Crippen molar-refractivity contribution < 1.29 is 9.32 Å². The van der Waals surface area contributed by atoms with E-state index in [9.17, 15) is 4.79 Å². The van der Waals surface area contributed by atoms with Gasteiger partial charge in [0.15, 0.2) is 5.82 Å². The van der Waals surface area contributed by atoms with Gasteiger partial charge in [-0.05, 0) is 31.7 Å². The van der Waals surface area contributed by atoms with Gasteiger partial charge >= 0.3 is 0 Å². The van der Waals surface area contributed by atoms with E-state index < -0.39 is 0 Å². The Balaban J connectivity index is 1.41. The normalized spacial score (nSPS) is 22.9. The van der Waals surface area contributed by atoms with E-state index in [1.54, 1.807) is 17.1 Å². The Morgan fingerprint density at radius 2 is 2.04 bits per heavy atom. The molecule has 2 aliphatic rings. The largest absolute Gasteiger partial charge is 0.339 e. The molecular formula is C19H28N6O2. The van der Waals surface area contributed by atoms with Crippen LogP contribution in [-0.2, 0) is 7.05 Å². The summed E-state index contributed by atoms with van der Waals surface area (Å²) < 4.78 is 7.09. The summed E-state index contributed by atoms with van der Waals surface area (Å²) >= 11 is 0. The minimum atomic E-state index is 0.0839. The summed E-state index contributed by atoms with van der Waals surface area (Å²) in [6.45, 7) is 6.71. The maximum atomic E-state index is 12.7. The van der Waals surface area contributed by atoms with Gasteiger partial charge in [-0.25, -0.2) is 0 Å². The highest BCUT2D eigenvalue weighted by Crippen LogP contribution is 2.47. The molecule has 1 atom stereocenters. The molecule has 2 aromatic rings. The van der Waals surface area contributed by atoms with E-state index in [0.29, 0.717) is 11.5 Å². The van der Waals surface area contributed by atoms with Gasteiger partial charge in [-0.1, -0.05) is 19.0 Å². The van der Waals surface area contributed by atoms with E-state index >= 15 is 0 Å². The molecule has 2 saturated heterocycles. The summed E-state index contributed by atoms with van der Waals surface area (Å²) in [5.74, 6) is 1.83. The van der Waals surface area contributed by atoms with E-state index in [2.05, 4.69) is 41.0 Å². The molecule has 4 heterocycles. The average molecular weight is 372 g/mol. The molecule has 8 heteroatoms. The Morgan fingerprint density at radius 1 is 1.30 bits per heavy atom. The lowest BCUT2D eigenvalue weighted by molar-refractivity contribution is 0.0593. The lowest BCUT2D eigenvalue weighted by atomic mass is 9.76. The van der Waals surface area contributed by atoms with Crippen LogP contribution < -0.4 is 0 Å². The third-order valence-electron chi connectivity index (χ3n) is 6.06. The molecule has 0 saturated carbocycles. The fourth-order valence-electron chi connectivity index (χ4n) is 4.44. The molecule has 27 heavy (non-hydrogen) atoms. The molecule has 4 rings (SSSR count). The van der Waals surface area contributed by atoms with Crippen LogP contribution in [0.1, 0.15) is 67.1 Å². The first-order valence-electron chi connectivity index (χ1n) is 9.68. The van der Waals surface area contributed by atoms with Crippen molar-refractivity contribution in [3.8, 4) is 0 Å². The van der Waals surface area contributed by atoms with Crippen LogP contribution in [0.25, 0.3) is 0 Å². The summed E-state index contributed by atoms with van der Waals surface area (Å²) in [6, 6.07) is 0.196. The lowest BCUT2D eigenvalue weighted by Gasteiger charge is -2.39. The number of aryl methyl sites for hydroxylation is 1. The van der Waals surface area contributed by atoms with Gasteiger partial charge in [-0.15, -0.1) is 0 Å². The van der Waals surface area contributed by atoms with E-state index in [4.69, 9.17) is 4.52 Å². The first-order chi connectivity index (χ1) is 12.9. The first-order valence-corrected chi connectivity index (χ1v) is 9.68. The Labute approximate surface area is 159 Å². The summed E-state index contributed by atoms with van der Waals surface area (Å²) in [5, 5.41) is 8.34. The van der Waals surface area contributed by atoms with Gasteiger partial charge in [-0.2, -0.15) is 10.1 Å². The van der Waals surface area contributed by atoms with Crippen LogP contribution in [0.15, 0.2) is 16.9 Å². The molecule has 2 aromatic heterocycles. The standard InChI is InChI=1S/C19H28N6O2/c1-13(2)17-21-16(22-27-17)15-9-19(12-23(15)3)5-7-25(8-6-19)18(26)14-10-20-24(4)11-14/h10-11,13,15H,5-9,12H2,1-4H3. The van der Waals surface area contributed by atoms with Crippen molar-refractivity contribution in [3.63, 3.8) is 0 Å². The molecule has 0 bridgehead atoms. The quantitative estimate of drug-likeness (QED) is 0.822. The molecule has 0 radical (unpaired) electrons. The topological polar surface area (TPSA) is 80.3 Å². The Hall–Kier alpha value is -2.22. The second-order valence-electron chi connectivity index (χ2n) is 8.48. The van der Waals surface area contributed by atoms with Crippen LogP contribution in [0.2, 0.25) is 0 Å². The van der Waals surface area contributed by atoms with Crippen LogP contribution in [0, 0.1) is 5.41 Å². The highest BCUT2D eigenvalue weighted by molar-refractivity contribution is 5.93. The van der Waals surface area contributed by atoms with E-state index in [0.717, 1.165) is 44.7 Å². The molecule has 1 spiro atoms. The zero-order chi connectivity index (χ0) is 19.2. The van der Waals surface area contributed by atoms with Crippen molar-refractivity contribution in [1.82, 2.24) is 29.7 Å². The zero-order valence-corrected chi connectivity index (χ0v) is 16.6. The number of nitrogens with zero attached hydrogens (tertiary/aromatic N) is 6. The Kier molecular flexibility index (Phi) is 4.53. The number of rotatable bonds is 3. The first kappa shape index (κ1) is 18.2. The zero-order valence-electron chi connectivity index (χ0n) is 16.6. The van der Waals surface area contributed by atoms with Crippen LogP contribution in [0.4, 0.5) is 0 Å². The third kappa shape index (κ3) is 3.38. The van der Waals surface area contributed by atoms with Crippen molar-refractivity contribution in [2.24, 2.45) is 12.5 Å². The minimum Gasteiger partial charge on any atom is -0.339 e. The monoisotopic (exact) mass is 372 g/mol. The Bertz CT molecular complexity index is 818. The van der Waals surface area contributed by atoms with Gasteiger partial charge in [0.25, 0.3) is 5.91 Å². The molecular weight excluding hydrogens is 344 g/mol. The number of hydrogen-bond donors (Lipinski definition) is 0. The Morgan fingerprint density at radius 3 is 2.63 bits per heavy atom. The summed E-state index contributed by atoms with van der Waals surface area (Å²) in [4.78, 5) is 21.6. The number of hydrogen-bond acceptors (Lipinski definition) is 6. The van der Waals surface area contributed by atoms with Crippen molar-refractivity contribution >= 4 is 5.91 Å². The predicted molar refractivity (Wildman–Crippen MR) is 99.2 cm³/mol. The lowest BCUT2D eigenvalue weighted by Crippen LogP contribution is -2.44. The highest BCUT2D eigenvalue weighted by Gasteiger charge is 2.46. The number of aromatic nitrogens is 4. The van der Waals surface area contributed by atoms with Gasteiger partial charge in [0, 0.05) is 38.8 Å². The molecule has 146 valence electrons. The predicted octanol–water partition coefficient (Wildman–Crippen LogP) is 2.23. The van der Waals surface area contributed by atoms with Gasteiger partial charge in [-0.3, -0.25) is 14.4 Å². The van der Waals surface area contributed by atoms with Crippen molar-refractivity contribution in [2.75, 3.05) is 26.7 Å². The van der Waals surface area contributed by atoms with Crippen molar-refractivity contribution in [3.05, 3.63) is 29.7 Å². The molecule has 2 fully saturated rings. The van der Waals surface area contributed by atoms with Gasteiger partial charge in [0.2, 0.25) is 5.89 Å². The maximum Gasteiger partial charge on any atom is 0.257 e. The average Bonchev–Trinajstić information content (AvgIpc) is 3.34. The second-order valence-corrected chi connectivity index (χ2v) is 8.48. The molecule has 0 N–H and O–H groups in total. The summed E-state index contributed by atoms with van der Waals surface area (Å²) in [6.07, 6.45) is 6.47. The SMILES string of the molecule is CC(C)c1nc(C2CC3(CCN(C(=O)c4cnn(C)c4)CC3)CN2C)no1. The minimum absolute atomic E-state index is 0.0839.